The molecule has 1 atom stereocenters. The van der Waals surface area contributed by atoms with Gasteiger partial charge < -0.3 is 24.8 Å². The van der Waals surface area contributed by atoms with E-state index in [1.165, 1.54) is 0 Å². The van der Waals surface area contributed by atoms with Crippen molar-refractivity contribution >= 4 is 23.3 Å². The van der Waals surface area contributed by atoms with Crippen molar-refractivity contribution in [1.82, 2.24) is 19.7 Å². The SMILES string of the molecule is CC(O)(C#Cc1cc2n(n1)CCCN2c1ccnc(Nc2ccc3c(c2)OCO3)n1)c1ccccc1. The Morgan fingerprint density at radius 2 is 1.89 bits per heavy atom. The second-order valence-electron chi connectivity index (χ2n) is 8.74. The van der Waals surface area contributed by atoms with E-state index in [2.05, 4.69) is 32.1 Å². The molecule has 0 aliphatic carbocycles. The molecule has 0 radical (unpaired) electrons. The Kier molecular flexibility index (Phi) is 5.43. The molecule has 0 bridgehead atoms. The molecule has 2 aromatic heterocycles. The van der Waals surface area contributed by atoms with Gasteiger partial charge in [0.2, 0.25) is 12.7 Å². The predicted molar refractivity (Wildman–Crippen MR) is 135 cm³/mol. The molecular weight excluding hydrogens is 456 g/mol. The number of hydrogen-bond donors (Lipinski definition) is 2. The number of aryl methyl sites for hydroxylation is 1. The topological polar surface area (TPSA) is 97.6 Å². The zero-order valence-electron chi connectivity index (χ0n) is 19.7. The Bertz CT molecular complexity index is 1470. The molecule has 2 aliphatic heterocycles. The fourth-order valence-electron chi connectivity index (χ4n) is 4.26. The summed E-state index contributed by atoms with van der Waals surface area (Å²) in [5.41, 5.74) is 0.878. The normalized spacial score (nSPS) is 15.4. The van der Waals surface area contributed by atoms with E-state index in [1.807, 2.05) is 65.3 Å². The molecule has 4 aromatic rings. The summed E-state index contributed by atoms with van der Waals surface area (Å²) >= 11 is 0. The predicted octanol–water partition coefficient (Wildman–Crippen LogP) is 3.95. The molecule has 6 rings (SSSR count). The average molecular weight is 481 g/mol. The summed E-state index contributed by atoms with van der Waals surface area (Å²) in [4.78, 5) is 11.2. The van der Waals surface area contributed by atoms with E-state index in [4.69, 9.17) is 14.5 Å². The Balaban J connectivity index is 1.24. The Morgan fingerprint density at radius 3 is 2.78 bits per heavy atom. The summed E-state index contributed by atoms with van der Waals surface area (Å²) < 4.78 is 12.8. The fraction of sp³-hybridized carbons (Fsp3) is 0.222. The highest BCUT2D eigenvalue weighted by Gasteiger charge is 2.23. The van der Waals surface area contributed by atoms with Crippen LogP contribution in [-0.2, 0) is 12.1 Å². The van der Waals surface area contributed by atoms with E-state index >= 15 is 0 Å². The van der Waals surface area contributed by atoms with Crippen molar-refractivity contribution in [3.63, 3.8) is 0 Å². The van der Waals surface area contributed by atoms with Gasteiger partial charge in [-0.05, 0) is 43.0 Å². The molecule has 2 aliphatic rings. The van der Waals surface area contributed by atoms with Gasteiger partial charge >= 0.3 is 0 Å². The van der Waals surface area contributed by atoms with Gasteiger partial charge in [0, 0.05) is 37.1 Å². The van der Waals surface area contributed by atoms with Crippen LogP contribution in [0.2, 0.25) is 0 Å². The fourth-order valence-corrected chi connectivity index (χ4v) is 4.26. The van der Waals surface area contributed by atoms with Gasteiger partial charge in [0.15, 0.2) is 11.5 Å². The van der Waals surface area contributed by atoms with Crippen LogP contribution in [0.25, 0.3) is 0 Å². The van der Waals surface area contributed by atoms with Crippen molar-refractivity contribution in [2.45, 2.75) is 25.5 Å². The number of hydrogen-bond acceptors (Lipinski definition) is 8. The maximum Gasteiger partial charge on any atom is 0.231 e. The molecule has 36 heavy (non-hydrogen) atoms. The summed E-state index contributed by atoms with van der Waals surface area (Å²) in [6, 6.07) is 18.8. The molecule has 0 saturated heterocycles. The first kappa shape index (κ1) is 21.9. The highest BCUT2D eigenvalue weighted by Crippen LogP contribution is 2.35. The van der Waals surface area contributed by atoms with Crippen LogP contribution in [0.15, 0.2) is 66.9 Å². The summed E-state index contributed by atoms with van der Waals surface area (Å²) in [5.74, 6) is 9.56. The van der Waals surface area contributed by atoms with Crippen molar-refractivity contribution < 1.29 is 14.6 Å². The van der Waals surface area contributed by atoms with Crippen LogP contribution < -0.4 is 19.7 Å². The van der Waals surface area contributed by atoms with Gasteiger partial charge in [-0.2, -0.15) is 10.1 Å². The monoisotopic (exact) mass is 480 g/mol. The number of nitrogens with zero attached hydrogens (tertiary/aromatic N) is 5. The highest BCUT2D eigenvalue weighted by atomic mass is 16.7. The molecule has 2 aromatic carbocycles. The Labute approximate surface area is 208 Å². The molecule has 4 heterocycles. The third-order valence-corrected chi connectivity index (χ3v) is 6.10. The minimum Gasteiger partial charge on any atom is -0.454 e. The lowest BCUT2D eigenvalue weighted by Gasteiger charge is -2.28. The van der Waals surface area contributed by atoms with Gasteiger partial charge in [-0.3, -0.25) is 0 Å². The zero-order chi connectivity index (χ0) is 24.5. The summed E-state index contributed by atoms with van der Waals surface area (Å²) in [6.07, 6.45) is 2.64. The van der Waals surface area contributed by atoms with Crippen molar-refractivity contribution in [2.24, 2.45) is 0 Å². The second-order valence-corrected chi connectivity index (χ2v) is 8.74. The van der Waals surface area contributed by atoms with Crippen LogP contribution in [0.5, 0.6) is 11.5 Å². The molecule has 0 saturated carbocycles. The highest BCUT2D eigenvalue weighted by molar-refractivity contribution is 5.63. The van der Waals surface area contributed by atoms with Crippen LogP contribution in [0.3, 0.4) is 0 Å². The van der Waals surface area contributed by atoms with Crippen molar-refractivity contribution in [3.8, 4) is 23.3 Å². The first-order chi connectivity index (χ1) is 17.5. The van der Waals surface area contributed by atoms with E-state index in [9.17, 15) is 5.11 Å². The van der Waals surface area contributed by atoms with Crippen LogP contribution in [-0.4, -0.2) is 38.2 Å². The van der Waals surface area contributed by atoms with Gasteiger partial charge in [-0.25, -0.2) is 9.67 Å². The number of aromatic nitrogens is 4. The minimum absolute atomic E-state index is 0.226. The second kappa shape index (κ2) is 8.91. The molecule has 0 spiro atoms. The largest absolute Gasteiger partial charge is 0.454 e. The molecule has 9 heteroatoms. The smallest absolute Gasteiger partial charge is 0.231 e. The van der Waals surface area contributed by atoms with Crippen molar-refractivity contribution in [2.75, 3.05) is 23.6 Å². The third-order valence-electron chi connectivity index (χ3n) is 6.10. The first-order valence-electron chi connectivity index (χ1n) is 11.7. The van der Waals surface area contributed by atoms with E-state index in [1.54, 1.807) is 13.1 Å². The van der Waals surface area contributed by atoms with Crippen LogP contribution in [0, 0.1) is 11.8 Å². The molecule has 9 nitrogen and oxygen atoms in total. The molecular formula is C27H24N6O3. The van der Waals surface area contributed by atoms with E-state index < -0.39 is 5.60 Å². The van der Waals surface area contributed by atoms with Gasteiger partial charge in [0.1, 0.15) is 22.9 Å². The first-order valence-corrected chi connectivity index (χ1v) is 11.7. The Morgan fingerprint density at radius 1 is 1.03 bits per heavy atom. The van der Waals surface area contributed by atoms with Crippen molar-refractivity contribution in [1.29, 1.82) is 0 Å². The van der Waals surface area contributed by atoms with Gasteiger partial charge in [-0.1, -0.05) is 36.3 Å². The maximum atomic E-state index is 10.8. The third kappa shape index (κ3) is 4.30. The lowest BCUT2D eigenvalue weighted by molar-refractivity contribution is 0.122. The number of fused-ring (bicyclic) bond motifs is 2. The molecule has 0 amide bonds. The molecule has 2 N–H and O–H groups in total. The van der Waals surface area contributed by atoms with E-state index in [-0.39, 0.29) is 6.79 Å². The number of rotatable bonds is 4. The van der Waals surface area contributed by atoms with Crippen LogP contribution in [0.4, 0.5) is 23.3 Å². The summed E-state index contributed by atoms with van der Waals surface area (Å²) in [6.45, 7) is 3.49. The van der Waals surface area contributed by atoms with Gasteiger partial charge in [-0.15, -0.1) is 0 Å². The maximum absolute atomic E-state index is 10.8. The Hall–Kier alpha value is -4.55. The number of ether oxygens (including phenoxy) is 2. The minimum atomic E-state index is -1.27. The van der Waals surface area contributed by atoms with E-state index in [0.717, 1.165) is 48.1 Å². The molecule has 1 unspecified atom stereocenters. The van der Waals surface area contributed by atoms with Gasteiger partial charge in [0.05, 0.1) is 0 Å². The number of nitrogens with one attached hydrogen (secondary N) is 1. The van der Waals surface area contributed by atoms with Gasteiger partial charge in [0.25, 0.3) is 0 Å². The molecule has 180 valence electrons. The van der Waals surface area contributed by atoms with Crippen molar-refractivity contribution in [3.05, 3.63) is 78.1 Å². The lowest BCUT2D eigenvalue weighted by Crippen LogP contribution is -2.28. The number of benzene rings is 2. The number of anilines is 4. The van der Waals surface area contributed by atoms with Crippen LogP contribution >= 0.6 is 0 Å². The molecule has 0 fully saturated rings. The van der Waals surface area contributed by atoms with Crippen LogP contribution in [0.1, 0.15) is 24.6 Å². The average Bonchev–Trinajstić information content (AvgIpc) is 3.54. The quantitative estimate of drug-likeness (QED) is 0.424. The number of aliphatic hydroxyl groups is 1. The van der Waals surface area contributed by atoms with E-state index in [0.29, 0.717) is 17.4 Å². The zero-order valence-corrected chi connectivity index (χ0v) is 19.7. The summed E-state index contributed by atoms with van der Waals surface area (Å²) in [5, 5.41) is 18.7. The lowest BCUT2D eigenvalue weighted by atomic mass is 9.97. The standard InChI is InChI=1S/C27H24N6O3/c1-27(34,19-6-3-2-4-7-19)12-10-21-17-25-32(14-5-15-33(25)31-21)24-11-13-28-26(30-24)29-20-8-9-22-23(16-20)36-18-35-22/h2-4,6-9,11,13,16-17,34H,5,14-15,18H2,1H3,(H,28,29,30). The summed E-state index contributed by atoms with van der Waals surface area (Å²) in [7, 11) is 0.